The molecule has 0 aliphatic carbocycles. The van der Waals surface area contributed by atoms with Crippen molar-refractivity contribution in [2.24, 2.45) is 0 Å². The zero-order valence-corrected chi connectivity index (χ0v) is 12.2. The van der Waals surface area contributed by atoms with Crippen molar-refractivity contribution in [3.05, 3.63) is 29.6 Å². The summed E-state index contributed by atoms with van der Waals surface area (Å²) in [7, 11) is 2.98. The fourth-order valence-electron chi connectivity index (χ4n) is 1.81. The third-order valence-corrected chi connectivity index (χ3v) is 2.90. The van der Waals surface area contributed by atoms with Gasteiger partial charge in [0, 0.05) is 13.6 Å². The van der Waals surface area contributed by atoms with E-state index in [9.17, 15) is 14.3 Å². The molecule has 0 fully saturated rings. The van der Waals surface area contributed by atoms with Crippen LogP contribution in [-0.2, 0) is 0 Å². The van der Waals surface area contributed by atoms with Gasteiger partial charge in [-0.3, -0.25) is 0 Å². The number of aliphatic hydroxyl groups excluding tert-OH is 1. The van der Waals surface area contributed by atoms with Gasteiger partial charge in [-0.1, -0.05) is 6.07 Å². The first-order chi connectivity index (χ1) is 9.35. The Morgan fingerprint density at radius 3 is 2.65 bits per heavy atom. The molecule has 112 valence electrons. The number of aliphatic hydroxyl groups is 1. The van der Waals surface area contributed by atoms with Gasteiger partial charge >= 0.3 is 6.03 Å². The highest BCUT2D eigenvalue weighted by Crippen LogP contribution is 2.21. The predicted octanol–water partition coefficient (Wildman–Crippen LogP) is 1.92. The zero-order chi connectivity index (χ0) is 15.3. The Hall–Kier alpha value is -1.82. The largest absolute Gasteiger partial charge is 0.494 e. The van der Waals surface area contributed by atoms with Crippen LogP contribution in [0, 0.1) is 5.82 Å². The number of methoxy groups -OCH3 is 1. The van der Waals surface area contributed by atoms with E-state index in [4.69, 9.17) is 4.74 Å². The fraction of sp³-hybridized carbons (Fsp3) is 0.500. The van der Waals surface area contributed by atoms with Gasteiger partial charge in [0.05, 0.1) is 19.3 Å². The standard InChI is InChI=1S/C14H21FN2O3/c1-9(18)8-17(3)14(19)16-10(2)11-5-6-13(20-4)12(15)7-11/h5-7,9-10,18H,8H2,1-4H3,(H,16,19). The first-order valence-corrected chi connectivity index (χ1v) is 6.38. The summed E-state index contributed by atoms with van der Waals surface area (Å²) < 4.78 is 18.4. The summed E-state index contributed by atoms with van der Waals surface area (Å²) in [5.74, 6) is -0.304. The van der Waals surface area contributed by atoms with Gasteiger partial charge in [0.1, 0.15) is 0 Å². The highest BCUT2D eigenvalue weighted by atomic mass is 19.1. The summed E-state index contributed by atoms with van der Waals surface area (Å²) in [5.41, 5.74) is 0.641. The number of nitrogens with one attached hydrogen (secondary N) is 1. The molecule has 2 unspecified atom stereocenters. The molecule has 2 N–H and O–H groups in total. The number of amides is 2. The normalized spacial score (nSPS) is 13.5. The van der Waals surface area contributed by atoms with E-state index < -0.39 is 11.9 Å². The molecule has 0 bridgehead atoms. The fourth-order valence-corrected chi connectivity index (χ4v) is 1.81. The number of ether oxygens (including phenoxy) is 1. The van der Waals surface area contributed by atoms with Gasteiger partial charge in [-0.2, -0.15) is 0 Å². The van der Waals surface area contributed by atoms with Crippen LogP contribution in [0.3, 0.4) is 0 Å². The lowest BCUT2D eigenvalue weighted by atomic mass is 10.1. The predicted molar refractivity (Wildman–Crippen MR) is 74.2 cm³/mol. The summed E-state index contributed by atoms with van der Waals surface area (Å²) in [4.78, 5) is 13.2. The summed E-state index contributed by atoms with van der Waals surface area (Å²) >= 11 is 0. The lowest BCUT2D eigenvalue weighted by Crippen LogP contribution is -2.41. The number of likely N-dealkylation sites (N-methyl/N-ethyl adjacent to an activating group) is 1. The number of carbonyl (C=O) groups excluding carboxylic acids is 1. The average Bonchev–Trinajstić information content (AvgIpc) is 2.37. The van der Waals surface area contributed by atoms with Crippen LogP contribution in [0.5, 0.6) is 5.75 Å². The minimum absolute atomic E-state index is 0.165. The van der Waals surface area contributed by atoms with Crippen LogP contribution in [0.25, 0.3) is 0 Å². The Balaban J connectivity index is 2.68. The SMILES string of the molecule is COc1ccc(C(C)NC(=O)N(C)CC(C)O)cc1F. The van der Waals surface area contributed by atoms with E-state index in [1.807, 2.05) is 0 Å². The van der Waals surface area contributed by atoms with Crippen LogP contribution in [0.1, 0.15) is 25.5 Å². The van der Waals surface area contributed by atoms with E-state index in [0.29, 0.717) is 5.56 Å². The van der Waals surface area contributed by atoms with E-state index in [2.05, 4.69) is 5.32 Å². The molecule has 0 radical (unpaired) electrons. The number of urea groups is 1. The van der Waals surface area contributed by atoms with Crippen LogP contribution < -0.4 is 10.1 Å². The molecule has 6 heteroatoms. The number of halogens is 1. The minimum Gasteiger partial charge on any atom is -0.494 e. The van der Waals surface area contributed by atoms with Gasteiger partial charge in [0.2, 0.25) is 0 Å². The Kier molecular flexibility index (Phi) is 5.76. The molecule has 0 saturated heterocycles. The second-order valence-corrected chi connectivity index (χ2v) is 4.79. The number of benzene rings is 1. The zero-order valence-electron chi connectivity index (χ0n) is 12.2. The van der Waals surface area contributed by atoms with Gasteiger partial charge in [-0.05, 0) is 31.5 Å². The number of hydrogen-bond donors (Lipinski definition) is 2. The molecule has 0 saturated carbocycles. The van der Waals surface area contributed by atoms with Gasteiger partial charge < -0.3 is 20.1 Å². The smallest absolute Gasteiger partial charge is 0.317 e. The molecular weight excluding hydrogens is 263 g/mol. The van der Waals surface area contributed by atoms with Crippen molar-refractivity contribution < 1.29 is 19.0 Å². The highest BCUT2D eigenvalue weighted by Gasteiger charge is 2.15. The Morgan fingerprint density at radius 1 is 1.50 bits per heavy atom. The third-order valence-electron chi connectivity index (χ3n) is 2.90. The highest BCUT2D eigenvalue weighted by molar-refractivity contribution is 5.74. The van der Waals surface area contributed by atoms with Crippen LogP contribution >= 0.6 is 0 Å². The maximum absolute atomic E-state index is 13.6. The maximum Gasteiger partial charge on any atom is 0.317 e. The quantitative estimate of drug-likeness (QED) is 0.868. The molecule has 20 heavy (non-hydrogen) atoms. The molecule has 2 atom stereocenters. The second-order valence-electron chi connectivity index (χ2n) is 4.79. The first-order valence-electron chi connectivity index (χ1n) is 6.38. The van der Waals surface area contributed by atoms with E-state index in [1.165, 1.54) is 24.1 Å². The van der Waals surface area contributed by atoms with Crippen LogP contribution in [0.2, 0.25) is 0 Å². The van der Waals surface area contributed by atoms with Crippen molar-refractivity contribution >= 4 is 6.03 Å². The second kappa shape index (κ2) is 7.09. The summed E-state index contributed by atoms with van der Waals surface area (Å²) in [6.45, 7) is 3.59. The van der Waals surface area contributed by atoms with Crippen LogP contribution in [0.15, 0.2) is 18.2 Å². The van der Waals surface area contributed by atoms with E-state index >= 15 is 0 Å². The van der Waals surface area contributed by atoms with Crippen LogP contribution in [-0.4, -0.2) is 42.8 Å². The van der Waals surface area contributed by atoms with E-state index in [-0.39, 0.29) is 24.4 Å². The van der Waals surface area contributed by atoms with Crippen molar-refractivity contribution in [1.82, 2.24) is 10.2 Å². The molecular formula is C14H21FN2O3. The summed E-state index contributed by atoms with van der Waals surface area (Å²) in [6, 6.07) is 3.88. The molecule has 5 nitrogen and oxygen atoms in total. The van der Waals surface area contributed by atoms with Crippen molar-refractivity contribution in [3.63, 3.8) is 0 Å². The van der Waals surface area contributed by atoms with Gasteiger partial charge in [-0.25, -0.2) is 9.18 Å². The number of carbonyl (C=O) groups is 1. The molecule has 0 heterocycles. The van der Waals surface area contributed by atoms with Gasteiger partial charge in [0.25, 0.3) is 0 Å². The van der Waals surface area contributed by atoms with Crippen LogP contribution in [0.4, 0.5) is 9.18 Å². The Morgan fingerprint density at radius 2 is 2.15 bits per heavy atom. The monoisotopic (exact) mass is 284 g/mol. The molecule has 1 aromatic carbocycles. The molecule has 1 rings (SSSR count). The Labute approximate surface area is 118 Å². The van der Waals surface area contributed by atoms with Crippen molar-refractivity contribution in [1.29, 1.82) is 0 Å². The molecule has 0 spiro atoms. The topological polar surface area (TPSA) is 61.8 Å². The molecule has 0 aromatic heterocycles. The van der Waals surface area contributed by atoms with Crippen molar-refractivity contribution in [2.75, 3.05) is 20.7 Å². The molecule has 0 aliphatic rings. The Bertz CT molecular complexity index is 466. The molecule has 0 aliphatic heterocycles. The number of nitrogens with zero attached hydrogens (tertiary/aromatic N) is 1. The van der Waals surface area contributed by atoms with E-state index in [1.54, 1.807) is 27.0 Å². The van der Waals surface area contributed by atoms with Gasteiger partial charge in [0.15, 0.2) is 11.6 Å². The van der Waals surface area contributed by atoms with E-state index in [0.717, 1.165) is 0 Å². The number of rotatable bonds is 5. The average molecular weight is 284 g/mol. The van der Waals surface area contributed by atoms with Crippen molar-refractivity contribution in [3.8, 4) is 5.75 Å². The summed E-state index contributed by atoms with van der Waals surface area (Å²) in [6.07, 6.45) is -0.598. The number of hydrogen-bond acceptors (Lipinski definition) is 3. The van der Waals surface area contributed by atoms with Crippen molar-refractivity contribution in [2.45, 2.75) is 26.0 Å². The lowest BCUT2D eigenvalue weighted by molar-refractivity contribution is 0.142. The summed E-state index contributed by atoms with van der Waals surface area (Å²) in [5, 5.41) is 12.0. The maximum atomic E-state index is 13.6. The first kappa shape index (κ1) is 16.2. The molecule has 2 amide bonds. The third kappa shape index (κ3) is 4.38. The molecule has 1 aromatic rings. The van der Waals surface area contributed by atoms with Gasteiger partial charge in [-0.15, -0.1) is 0 Å². The minimum atomic E-state index is -0.598. The lowest BCUT2D eigenvalue weighted by Gasteiger charge is -2.22.